The van der Waals surface area contributed by atoms with Crippen molar-refractivity contribution in [2.45, 2.75) is 38.2 Å². The molecule has 0 rings (SSSR count). The van der Waals surface area contributed by atoms with E-state index >= 15 is 0 Å². The van der Waals surface area contributed by atoms with E-state index in [0.717, 1.165) is 6.92 Å². The van der Waals surface area contributed by atoms with Crippen molar-refractivity contribution in [3.8, 4) is 0 Å². The fourth-order valence-corrected chi connectivity index (χ4v) is 0.752. The maximum Gasteiger partial charge on any atom is 0.425 e. The second kappa shape index (κ2) is 4.28. The molecular weight excluding hydrogens is 230 g/mol. The number of carbonyl (C=O) groups excluding carboxylic acids is 1. The lowest BCUT2D eigenvalue weighted by Crippen LogP contribution is -2.49. The third-order valence-corrected chi connectivity index (χ3v) is 1.51. The average molecular weight is 238 g/mol. The molecule has 0 aliphatic carbocycles. The molecule has 2 nitrogen and oxygen atoms in total. The molecule has 0 bridgehead atoms. The van der Waals surface area contributed by atoms with E-state index in [9.17, 15) is 31.1 Å². The highest BCUT2D eigenvalue weighted by molar-refractivity contribution is 5.66. The van der Waals surface area contributed by atoms with Crippen LogP contribution in [0.1, 0.15) is 13.8 Å². The minimum atomic E-state index is -5.70. The first-order valence-corrected chi connectivity index (χ1v) is 3.75. The lowest BCUT2D eigenvalue weighted by molar-refractivity contribution is -0.268. The van der Waals surface area contributed by atoms with Gasteiger partial charge in [0.05, 0.1) is 0 Å². The lowest BCUT2D eigenvalue weighted by atomic mass is 10.1. The molecule has 0 unspecified atom stereocenters. The van der Waals surface area contributed by atoms with E-state index in [4.69, 9.17) is 0 Å². The molecule has 0 amide bonds. The summed E-state index contributed by atoms with van der Waals surface area (Å²) >= 11 is 0. The van der Waals surface area contributed by atoms with Gasteiger partial charge in [-0.05, 0) is 6.92 Å². The molecule has 0 fully saturated rings. The summed E-state index contributed by atoms with van der Waals surface area (Å²) in [6.45, 7) is 1.22. The number of hydrogen-bond donors (Lipinski definition) is 0. The van der Waals surface area contributed by atoms with Crippen LogP contribution in [0.2, 0.25) is 0 Å². The van der Waals surface area contributed by atoms with Crippen molar-refractivity contribution in [3.63, 3.8) is 0 Å². The number of halogens is 6. The zero-order valence-corrected chi connectivity index (χ0v) is 7.74. The van der Waals surface area contributed by atoms with Gasteiger partial charge < -0.3 is 4.74 Å². The fourth-order valence-electron chi connectivity index (χ4n) is 0.752. The van der Waals surface area contributed by atoms with Crippen LogP contribution < -0.4 is 0 Å². The molecule has 0 saturated heterocycles. The van der Waals surface area contributed by atoms with Gasteiger partial charge in [0, 0.05) is 6.92 Å². The second-order valence-electron chi connectivity index (χ2n) is 2.83. The topological polar surface area (TPSA) is 26.3 Å². The minimum Gasteiger partial charge on any atom is -0.456 e. The molecular formula is C7H8F6O2. The molecule has 0 aliphatic rings. The molecule has 0 heterocycles. The van der Waals surface area contributed by atoms with Crippen molar-refractivity contribution in [2.75, 3.05) is 0 Å². The number of esters is 1. The third kappa shape index (κ3) is 3.60. The normalized spacial score (nSPS) is 17.1. The summed E-state index contributed by atoms with van der Waals surface area (Å²) < 4.78 is 76.5. The summed E-state index contributed by atoms with van der Waals surface area (Å²) in [6.07, 6.45) is -12.5. The van der Waals surface area contributed by atoms with Crippen LogP contribution in [0.3, 0.4) is 0 Å². The highest BCUT2D eigenvalue weighted by Gasteiger charge is 2.60. The number of hydrogen-bond acceptors (Lipinski definition) is 2. The molecule has 0 saturated carbocycles. The molecule has 90 valence electrons. The van der Waals surface area contributed by atoms with Gasteiger partial charge in [0.1, 0.15) is 0 Å². The second-order valence-corrected chi connectivity index (χ2v) is 2.83. The summed E-state index contributed by atoms with van der Waals surface area (Å²) in [6, 6.07) is 0. The molecule has 0 aliphatic heterocycles. The Morgan fingerprint density at radius 3 is 1.87 bits per heavy atom. The van der Waals surface area contributed by atoms with Gasteiger partial charge in [0.2, 0.25) is 0 Å². The maximum absolute atomic E-state index is 12.7. The van der Waals surface area contributed by atoms with Crippen LogP contribution in [0, 0.1) is 0 Å². The molecule has 0 spiro atoms. The van der Waals surface area contributed by atoms with E-state index in [1.54, 1.807) is 0 Å². The molecule has 2 atom stereocenters. The van der Waals surface area contributed by atoms with E-state index in [0.29, 0.717) is 6.92 Å². The zero-order chi connectivity index (χ0) is 12.4. The number of carbonyl (C=O) groups is 1. The van der Waals surface area contributed by atoms with Gasteiger partial charge in [-0.2, -0.15) is 22.0 Å². The van der Waals surface area contributed by atoms with E-state index in [1.165, 1.54) is 0 Å². The first kappa shape index (κ1) is 14.0. The predicted molar refractivity (Wildman–Crippen MR) is 37.1 cm³/mol. The Morgan fingerprint density at radius 2 is 1.60 bits per heavy atom. The molecule has 15 heavy (non-hydrogen) atoms. The Kier molecular flexibility index (Phi) is 4.01. The highest BCUT2D eigenvalue weighted by atomic mass is 19.4. The summed E-state index contributed by atoms with van der Waals surface area (Å²) in [5.74, 6) is -6.01. The van der Waals surface area contributed by atoms with Gasteiger partial charge >= 0.3 is 18.1 Å². The van der Waals surface area contributed by atoms with Gasteiger partial charge in [0.25, 0.3) is 6.17 Å². The van der Waals surface area contributed by atoms with Gasteiger partial charge in [-0.3, -0.25) is 4.79 Å². The third-order valence-electron chi connectivity index (χ3n) is 1.51. The lowest BCUT2D eigenvalue weighted by Gasteiger charge is -2.27. The number of rotatable bonds is 3. The Bertz CT molecular complexity index is 236. The van der Waals surface area contributed by atoms with Gasteiger partial charge in [-0.15, -0.1) is 0 Å². The molecule has 0 aromatic carbocycles. The summed E-state index contributed by atoms with van der Waals surface area (Å²) in [7, 11) is 0. The van der Waals surface area contributed by atoms with Crippen molar-refractivity contribution < 1.29 is 35.9 Å². The van der Waals surface area contributed by atoms with E-state index in [-0.39, 0.29) is 0 Å². The first-order chi connectivity index (χ1) is 6.49. The highest BCUT2D eigenvalue weighted by Crippen LogP contribution is 2.37. The van der Waals surface area contributed by atoms with Crippen LogP contribution in [0.5, 0.6) is 0 Å². The van der Waals surface area contributed by atoms with Crippen molar-refractivity contribution in [1.29, 1.82) is 0 Å². The van der Waals surface area contributed by atoms with E-state index < -0.39 is 30.3 Å². The Hall–Kier alpha value is -0.950. The van der Waals surface area contributed by atoms with Gasteiger partial charge in [-0.25, -0.2) is 4.39 Å². The molecule has 0 aromatic rings. The van der Waals surface area contributed by atoms with Gasteiger partial charge in [0.15, 0.2) is 6.10 Å². The quantitative estimate of drug-likeness (QED) is 0.557. The van der Waals surface area contributed by atoms with Gasteiger partial charge in [-0.1, -0.05) is 0 Å². The van der Waals surface area contributed by atoms with Crippen molar-refractivity contribution in [2.24, 2.45) is 0 Å². The SMILES string of the molecule is CC(=O)O[C@H](C)C(F)(F)[C@H](F)C(F)(F)F. The monoisotopic (exact) mass is 238 g/mol. The van der Waals surface area contributed by atoms with Crippen LogP contribution in [-0.2, 0) is 9.53 Å². The standard InChI is InChI=1S/C7H8F6O2/c1-3(15-4(2)14)6(9,10)5(8)7(11,12)13/h3,5H,1-2H3/t3-,5+/m1/s1. The van der Waals surface area contributed by atoms with Crippen LogP contribution >= 0.6 is 0 Å². The van der Waals surface area contributed by atoms with Crippen LogP contribution in [0.4, 0.5) is 26.3 Å². The number of alkyl halides is 6. The van der Waals surface area contributed by atoms with Crippen molar-refractivity contribution in [3.05, 3.63) is 0 Å². The predicted octanol–water partition coefficient (Wildman–Crippen LogP) is 2.47. The fraction of sp³-hybridized carbons (Fsp3) is 0.857. The number of ether oxygens (including phenoxy) is 1. The first-order valence-electron chi connectivity index (χ1n) is 3.75. The maximum atomic E-state index is 12.7. The average Bonchev–Trinajstić information content (AvgIpc) is 1.99. The Labute approximate surface area is 81.2 Å². The summed E-state index contributed by atoms with van der Waals surface area (Å²) in [4.78, 5) is 10.2. The van der Waals surface area contributed by atoms with Crippen molar-refractivity contribution >= 4 is 5.97 Å². The summed E-state index contributed by atoms with van der Waals surface area (Å²) in [5, 5.41) is 0. The molecule has 8 heteroatoms. The minimum absolute atomic E-state index is 0.486. The van der Waals surface area contributed by atoms with Crippen LogP contribution in [-0.4, -0.2) is 30.3 Å². The van der Waals surface area contributed by atoms with E-state index in [2.05, 4.69) is 4.74 Å². The summed E-state index contributed by atoms with van der Waals surface area (Å²) in [5.41, 5.74) is 0. The largest absolute Gasteiger partial charge is 0.456 e. The van der Waals surface area contributed by atoms with E-state index in [1.807, 2.05) is 0 Å². The zero-order valence-electron chi connectivity index (χ0n) is 7.74. The smallest absolute Gasteiger partial charge is 0.425 e. The Morgan fingerprint density at radius 1 is 1.20 bits per heavy atom. The van der Waals surface area contributed by atoms with Crippen LogP contribution in [0.25, 0.3) is 0 Å². The molecule has 0 N–H and O–H groups in total. The Balaban J connectivity index is 4.73. The van der Waals surface area contributed by atoms with Crippen LogP contribution in [0.15, 0.2) is 0 Å². The van der Waals surface area contributed by atoms with Crippen molar-refractivity contribution in [1.82, 2.24) is 0 Å². The molecule has 0 aromatic heterocycles. The molecule has 0 radical (unpaired) electrons.